The molecule has 3 atom stereocenters. The van der Waals surface area contributed by atoms with E-state index in [0.717, 1.165) is 17.9 Å². The van der Waals surface area contributed by atoms with Crippen molar-refractivity contribution in [3.63, 3.8) is 0 Å². The minimum Gasteiger partial charge on any atom is -0.309 e. The fourth-order valence-electron chi connectivity index (χ4n) is 2.33. The van der Waals surface area contributed by atoms with E-state index in [2.05, 4.69) is 39.9 Å². The van der Waals surface area contributed by atoms with Gasteiger partial charge in [-0.25, -0.2) is 0 Å². The summed E-state index contributed by atoms with van der Waals surface area (Å²) in [6, 6.07) is 0.760. The van der Waals surface area contributed by atoms with Crippen molar-refractivity contribution in [1.82, 2.24) is 5.32 Å². The van der Waals surface area contributed by atoms with Crippen molar-refractivity contribution < 1.29 is 0 Å². The van der Waals surface area contributed by atoms with Crippen molar-refractivity contribution in [2.75, 3.05) is 0 Å². The van der Waals surface area contributed by atoms with Crippen LogP contribution in [0.4, 0.5) is 0 Å². The van der Waals surface area contributed by atoms with Crippen LogP contribution in [-0.2, 0) is 0 Å². The summed E-state index contributed by atoms with van der Waals surface area (Å²) in [6.07, 6.45) is 5.35. The fourth-order valence-corrected chi connectivity index (χ4v) is 2.33. The Hall–Kier alpha value is -0.0400. The number of hydrogen-bond donors (Lipinski definition) is 1. The summed E-state index contributed by atoms with van der Waals surface area (Å²) in [7, 11) is 0. The summed E-state index contributed by atoms with van der Waals surface area (Å²) in [5.74, 6) is 1.83. The Balaban J connectivity index is 2.40. The molecule has 0 amide bonds. The second-order valence-corrected chi connectivity index (χ2v) is 5.85. The molecule has 1 fully saturated rings. The zero-order valence-corrected chi connectivity index (χ0v) is 10.6. The Morgan fingerprint density at radius 1 is 1.14 bits per heavy atom. The fraction of sp³-hybridized carbons (Fsp3) is 1.00. The Kier molecular flexibility index (Phi) is 4.00. The average Bonchev–Trinajstić information content (AvgIpc) is 2.11. The monoisotopic (exact) mass is 197 g/mol. The summed E-state index contributed by atoms with van der Waals surface area (Å²) in [5, 5.41) is 3.80. The van der Waals surface area contributed by atoms with Gasteiger partial charge in [0.05, 0.1) is 0 Å². The molecule has 1 heteroatoms. The van der Waals surface area contributed by atoms with Gasteiger partial charge in [-0.15, -0.1) is 0 Å². The van der Waals surface area contributed by atoms with Crippen LogP contribution in [0.3, 0.4) is 0 Å². The van der Waals surface area contributed by atoms with Gasteiger partial charge in [-0.05, 0) is 51.4 Å². The molecule has 1 saturated carbocycles. The van der Waals surface area contributed by atoms with Crippen molar-refractivity contribution in [2.24, 2.45) is 11.8 Å². The normalized spacial score (nSPS) is 34.5. The first kappa shape index (κ1) is 12.0. The molecule has 0 spiro atoms. The van der Waals surface area contributed by atoms with E-state index >= 15 is 0 Å². The van der Waals surface area contributed by atoms with E-state index in [-0.39, 0.29) is 0 Å². The zero-order chi connectivity index (χ0) is 10.8. The van der Waals surface area contributed by atoms with Crippen LogP contribution < -0.4 is 5.32 Å². The molecule has 0 radical (unpaired) electrons. The third-order valence-electron chi connectivity index (χ3n) is 4.08. The smallest absolute Gasteiger partial charge is 0.0125 e. The van der Waals surface area contributed by atoms with Gasteiger partial charge in [-0.2, -0.15) is 0 Å². The van der Waals surface area contributed by atoms with Crippen molar-refractivity contribution in [3.05, 3.63) is 0 Å². The minimum absolute atomic E-state index is 0.324. The highest BCUT2D eigenvalue weighted by atomic mass is 15.0. The maximum absolute atomic E-state index is 3.80. The van der Waals surface area contributed by atoms with Gasteiger partial charge >= 0.3 is 0 Å². The molecule has 84 valence electrons. The third kappa shape index (κ3) is 3.27. The minimum atomic E-state index is 0.324. The standard InChI is InChI=1S/C13H27N/c1-6-13(4,5)14-12-8-7-10(2)11(3)9-12/h10-12,14H,6-9H2,1-5H3. The molecule has 0 saturated heterocycles. The second-order valence-electron chi connectivity index (χ2n) is 5.85. The Morgan fingerprint density at radius 3 is 2.29 bits per heavy atom. The summed E-state index contributed by atoms with van der Waals surface area (Å²) in [5.41, 5.74) is 0.324. The van der Waals surface area contributed by atoms with E-state index in [1.807, 2.05) is 0 Å². The second kappa shape index (κ2) is 4.65. The molecule has 1 nitrogen and oxygen atoms in total. The largest absolute Gasteiger partial charge is 0.309 e. The van der Waals surface area contributed by atoms with E-state index in [1.54, 1.807) is 0 Å². The molecule has 0 bridgehead atoms. The number of rotatable bonds is 3. The predicted octanol–water partition coefficient (Wildman–Crippen LogP) is 3.59. The summed E-state index contributed by atoms with van der Waals surface area (Å²) in [4.78, 5) is 0. The highest BCUT2D eigenvalue weighted by Gasteiger charge is 2.27. The first-order valence-electron chi connectivity index (χ1n) is 6.22. The van der Waals surface area contributed by atoms with Crippen LogP contribution in [0, 0.1) is 11.8 Å². The van der Waals surface area contributed by atoms with Gasteiger partial charge in [0.15, 0.2) is 0 Å². The molecule has 0 aromatic heterocycles. The van der Waals surface area contributed by atoms with Crippen LogP contribution in [-0.4, -0.2) is 11.6 Å². The lowest BCUT2D eigenvalue weighted by Gasteiger charge is -2.38. The Morgan fingerprint density at radius 2 is 1.79 bits per heavy atom. The average molecular weight is 197 g/mol. The van der Waals surface area contributed by atoms with Gasteiger partial charge in [-0.3, -0.25) is 0 Å². The molecule has 3 unspecified atom stereocenters. The van der Waals surface area contributed by atoms with Gasteiger partial charge < -0.3 is 5.32 Å². The topological polar surface area (TPSA) is 12.0 Å². The molecule has 1 aliphatic rings. The summed E-state index contributed by atoms with van der Waals surface area (Å²) in [6.45, 7) is 11.7. The lowest BCUT2D eigenvalue weighted by atomic mass is 9.78. The van der Waals surface area contributed by atoms with Crippen LogP contribution in [0.15, 0.2) is 0 Å². The van der Waals surface area contributed by atoms with E-state index in [9.17, 15) is 0 Å². The predicted molar refractivity (Wildman–Crippen MR) is 63.5 cm³/mol. The van der Waals surface area contributed by atoms with Crippen LogP contribution in [0.1, 0.15) is 60.3 Å². The van der Waals surface area contributed by atoms with Gasteiger partial charge in [0.1, 0.15) is 0 Å². The molecule has 0 aromatic rings. The summed E-state index contributed by atoms with van der Waals surface area (Å²) < 4.78 is 0. The molecule has 1 rings (SSSR count). The summed E-state index contributed by atoms with van der Waals surface area (Å²) >= 11 is 0. The number of hydrogen-bond acceptors (Lipinski definition) is 1. The molecule has 1 N–H and O–H groups in total. The van der Waals surface area contributed by atoms with Crippen molar-refractivity contribution in [2.45, 2.75) is 71.9 Å². The van der Waals surface area contributed by atoms with Crippen LogP contribution in [0.2, 0.25) is 0 Å². The molecule has 0 aromatic carbocycles. The number of nitrogens with one attached hydrogen (secondary N) is 1. The van der Waals surface area contributed by atoms with Crippen LogP contribution >= 0.6 is 0 Å². The lowest BCUT2D eigenvalue weighted by molar-refractivity contribution is 0.192. The Bertz CT molecular complexity index is 174. The van der Waals surface area contributed by atoms with Gasteiger partial charge in [0.2, 0.25) is 0 Å². The molecule has 0 aliphatic heterocycles. The van der Waals surface area contributed by atoms with E-state index in [4.69, 9.17) is 0 Å². The Labute approximate surface area is 89.7 Å². The quantitative estimate of drug-likeness (QED) is 0.729. The molecule has 1 aliphatic carbocycles. The SMILES string of the molecule is CCC(C)(C)NC1CCC(C)C(C)C1. The van der Waals surface area contributed by atoms with E-state index in [0.29, 0.717) is 5.54 Å². The molecule has 14 heavy (non-hydrogen) atoms. The maximum atomic E-state index is 3.80. The first-order chi connectivity index (χ1) is 6.44. The van der Waals surface area contributed by atoms with Gasteiger partial charge in [0.25, 0.3) is 0 Å². The van der Waals surface area contributed by atoms with Gasteiger partial charge in [0, 0.05) is 11.6 Å². The first-order valence-corrected chi connectivity index (χ1v) is 6.22. The maximum Gasteiger partial charge on any atom is 0.0125 e. The van der Waals surface area contributed by atoms with Crippen molar-refractivity contribution in [1.29, 1.82) is 0 Å². The third-order valence-corrected chi connectivity index (χ3v) is 4.08. The molecular formula is C13H27N. The van der Waals surface area contributed by atoms with E-state index < -0.39 is 0 Å². The van der Waals surface area contributed by atoms with Gasteiger partial charge in [-0.1, -0.05) is 20.8 Å². The van der Waals surface area contributed by atoms with E-state index in [1.165, 1.54) is 25.7 Å². The highest BCUT2D eigenvalue weighted by Crippen LogP contribution is 2.30. The molecule has 0 heterocycles. The van der Waals surface area contributed by atoms with Crippen LogP contribution in [0.25, 0.3) is 0 Å². The van der Waals surface area contributed by atoms with Crippen molar-refractivity contribution in [3.8, 4) is 0 Å². The lowest BCUT2D eigenvalue weighted by Crippen LogP contribution is -2.47. The highest BCUT2D eigenvalue weighted by molar-refractivity contribution is 4.86. The molecular weight excluding hydrogens is 170 g/mol. The zero-order valence-electron chi connectivity index (χ0n) is 10.6. The van der Waals surface area contributed by atoms with Crippen LogP contribution in [0.5, 0.6) is 0 Å². The van der Waals surface area contributed by atoms with Crippen molar-refractivity contribution >= 4 is 0 Å².